The summed E-state index contributed by atoms with van der Waals surface area (Å²) in [5, 5.41) is 8.15. The average molecular weight is 544 g/mol. The zero-order valence-corrected chi connectivity index (χ0v) is 21.7. The second-order valence-electron chi connectivity index (χ2n) is 10.9. The van der Waals surface area contributed by atoms with Crippen LogP contribution in [0.4, 0.5) is 23.2 Å². The number of carbonyl (C=O) groups is 1. The van der Waals surface area contributed by atoms with Crippen LogP contribution >= 0.6 is 0 Å². The predicted octanol–water partition coefficient (Wildman–Crippen LogP) is 4.61. The molecule has 1 amide bonds. The Bertz CT molecular complexity index is 1420. The van der Waals surface area contributed by atoms with Crippen molar-refractivity contribution in [2.24, 2.45) is 7.05 Å². The number of hydrogen-bond donors (Lipinski definition) is 0. The fourth-order valence-electron chi connectivity index (χ4n) is 5.93. The van der Waals surface area contributed by atoms with E-state index >= 15 is 0 Å². The molecule has 0 bridgehead atoms. The number of aryl methyl sites for hydroxylation is 1. The highest BCUT2D eigenvalue weighted by Gasteiger charge is 2.44. The number of carbonyl (C=O) groups excluding carboxylic acids is 1. The first kappa shape index (κ1) is 25.9. The SMILES string of the molecule is C[C@@H](c1cc2c(c(C(F)(F)F)c1)CN(c1cccc(C3(Cc4nncn4C)COC3)c1)C2=O)N1CCC(F)C1. The maximum Gasteiger partial charge on any atom is 0.416 e. The Balaban J connectivity index is 1.33. The molecular weight excluding hydrogens is 514 g/mol. The summed E-state index contributed by atoms with van der Waals surface area (Å²) in [6, 6.07) is 9.62. The Morgan fingerprint density at radius 1 is 1.21 bits per heavy atom. The van der Waals surface area contributed by atoms with Gasteiger partial charge in [0, 0.05) is 49.3 Å². The molecule has 4 heterocycles. The molecular formula is C28H29F4N5O2. The molecule has 3 aliphatic heterocycles. The normalized spacial score (nSPS) is 21.7. The zero-order valence-electron chi connectivity index (χ0n) is 21.7. The summed E-state index contributed by atoms with van der Waals surface area (Å²) in [5.41, 5.74) is 0.673. The van der Waals surface area contributed by atoms with Gasteiger partial charge in [-0.3, -0.25) is 9.69 Å². The lowest BCUT2D eigenvalue weighted by Crippen LogP contribution is -2.49. The van der Waals surface area contributed by atoms with Gasteiger partial charge in [0.15, 0.2) is 0 Å². The van der Waals surface area contributed by atoms with Gasteiger partial charge in [0.05, 0.1) is 25.3 Å². The van der Waals surface area contributed by atoms with Gasteiger partial charge in [0.1, 0.15) is 18.3 Å². The highest BCUT2D eigenvalue weighted by molar-refractivity contribution is 6.10. The topological polar surface area (TPSA) is 63.5 Å². The van der Waals surface area contributed by atoms with E-state index in [0.29, 0.717) is 43.9 Å². The molecule has 0 aliphatic carbocycles. The summed E-state index contributed by atoms with van der Waals surface area (Å²) in [4.78, 5) is 16.8. The Morgan fingerprint density at radius 2 is 2.00 bits per heavy atom. The molecule has 3 aromatic rings. The number of nitrogens with zero attached hydrogens (tertiary/aromatic N) is 5. The van der Waals surface area contributed by atoms with Crippen molar-refractivity contribution in [2.45, 2.75) is 50.1 Å². The number of benzene rings is 2. The van der Waals surface area contributed by atoms with Crippen molar-refractivity contribution < 1.29 is 27.1 Å². The number of alkyl halides is 4. The van der Waals surface area contributed by atoms with E-state index in [2.05, 4.69) is 10.2 Å². The lowest BCUT2D eigenvalue weighted by Gasteiger charge is -2.42. The monoisotopic (exact) mass is 543 g/mol. The van der Waals surface area contributed by atoms with E-state index < -0.39 is 29.9 Å². The third-order valence-corrected chi connectivity index (χ3v) is 8.39. The molecule has 2 saturated heterocycles. The molecule has 39 heavy (non-hydrogen) atoms. The molecule has 0 spiro atoms. The third-order valence-electron chi connectivity index (χ3n) is 8.39. The standard InChI is InChI=1S/C28H29F4N5O2/c1-17(36-7-6-20(29)12-36)18-8-22-23(24(9-18)28(30,31)32)13-37(26(22)38)21-5-3-4-19(10-21)27(14-39-15-27)11-25-34-33-16-35(25)2/h3-5,8-10,16-17,20H,6-7,11-15H2,1-2H3/t17-,20?/m0/s1. The van der Waals surface area contributed by atoms with E-state index in [-0.39, 0.29) is 29.6 Å². The number of hydrogen-bond acceptors (Lipinski definition) is 5. The highest BCUT2D eigenvalue weighted by atomic mass is 19.4. The van der Waals surface area contributed by atoms with Gasteiger partial charge < -0.3 is 14.2 Å². The third kappa shape index (κ3) is 4.51. The summed E-state index contributed by atoms with van der Waals surface area (Å²) in [6.45, 7) is 3.15. The van der Waals surface area contributed by atoms with Crippen LogP contribution in [0.3, 0.4) is 0 Å². The largest absolute Gasteiger partial charge is 0.416 e. The second-order valence-corrected chi connectivity index (χ2v) is 10.9. The zero-order chi connectivity index (χ0) is 27.5. The van der Waals surface area contributed by atoms with Crippen LogP contribution in [-0.4, -0.2) is 58.0 Å². The summed E-state index contributed by atoms with van der Waals surface area (Å²) in [7, 11) is 1.87. The number of likely N-dealkylation sites (tertiary alicyclic amines) is 1. The van der Waals surface area contributed by atoms with Crippen LogP contribution in [0.15, 0.2) is 42.7 Å². The van der Waals surface area contributed by atoms with Crippen LogP contribution in [-0.2, 0) is 36.3 Å². The van der Waals surface area contributed by atoms with Crippen molar-refractivity contribution in [3.05, 3.63) is 76.4 Å². The van der Waals surface area contributed by atoms with Gasteiger partial charge in [0.25, 0.3) is 5.91 Å². The molecule has 0 radical (unpaired) electrons. The minimum absolute atomic E-state index is 0.0283. The molecule has 6 rings (SSSR count). The molecule has 0 N–H and O–H groups in total. The number of anilines is 1. The molecule has 2 aromatic carbocycles. The number of fused-ring (bicyclic) bond motifs is 1. The van der Waals surface area contributed by atoms with Gasteiger partial charge in [0.2, 0.25) is 0 Å². The van der Waals surface area contributed by atoms with Crippen LogP contribution in [0, 0.1) is 0 Å². The first-order valence-electron chi connectivity index (χ1n) is 13.0. The van der Waals surface area contributed by atoms with Gasteiger partial charge in [-0.15, -0.1) is 10.2 Å². The van der Waals surface area contributed by atoms with Gasteiger partial charge in [-0.2, -0.15) is 13.2 Å². The van der Waals surface area contributed by atoms with Crippen LogP contribution in [0.25, 0.3) is 0 Å². The Labute approximate surface area is 223 Å². The second kappa shape index (κ2) is 9.41. The lowest BCUT2D eigenvalue weighted by atomic mass is 9.75. The smallest absolute Gasteiger partial charge is 0.379 e. The minimum Gasteiger partial charge on any atom is -0.379 e. The van der Waals surface area contributed by atoms with Crippen molar-refractivity contribution in [1.82, 2.24) is 19.7 Å². The minimum atomic E-state index is -4.63. The molecule has 206 valence electrons. The predicted molar refractivity (Wildman–Crippen MR) is 135 cm³/mol. The fourth-order valence-corrected chi connectivity index (χ4v) is 5.93. The number of halogens is 4. The van der Waals surface area contributed by atoms with Crippen molar-refractivity contribution in [1.29, 1.82) is 0 Å². The van der Waals surface area contributed by atoms with E-state index in [0.717, 1.165) is 17.5 Å². The van der Waals surface area contributed by atoms with Crippen molar-refractivity contribution in [3.63, 3.8) is 0 Å². The molecule has 1 aromatic heterocycles. The van der Waals surface area contributed by atoms with Crippen molar-refractivity contribution >= 4 is 11.6 Å². The van der Waals surface area contributed by atoms with E-state index in [1.807, 2.05) is 34.7 Å². The maximum atomic E-state index is 14.2. The quantitative estimate of drug-likeness (QED) is 0.425. The number of amides is 1. The number of rotatable bonds is 6. The first-order chi connectivity index (χ1) is 18.6. The number of ether oxygens (including phenoxy) is 1. The van der Waals surface area contributed by atoms with Gasteiger partial charge >= 0.3 is 6.18 Å². The summed E-state index contributed by atoms with van der Waals surface area (Å²) < 4.78 is 63.9. The van der Waals surface area contributed by atoms with E-state index in [9.17, 15) is 22.4 Å². The molecule has 3 aliphatic rings. The van der Waals surface area contributed by atoms with E-state index in [1.54, 1.807) is 25.4 Å². The summed E-state index contributed by atoms with van der Waals surface area (Å²) in [6.07, 6.45) is -3.06. The van der Waals surface area contributed by atoms with Crippen LogP contribution in [0.2, 0.25) is 0 Å². The van der Waals surface area contributed by atoms with E-state index in [4.69, 9.17) is 4.74 Å². The van der Waals surface area contributed by atoms with Gasteiger partial charge in [-0.1, -0.05) is 12.1 Å². The van der Waals surface area contributed by atoms with Gasteiger partial charge in [-0.25, -0.2) is 4.39 Å². The molecule has 1 unspecified atom stereocenters. The van der Waals surface area contributed by atoms with E-state index in [1.165, 1.54) is 4.90 Å². The van der Waals surface area contributed by atoms with Crippen molar-refractivity contribution in [2.75, 3.05) is 31.2 Å². The first-order valence-corrected chi connectivity index (χ1v) is 13.0. The lowest BCUT2D eigenvalue weighted by molar-refractivity contribution is -0.138. The Hall–Kier alpha value is -3.31. The molecule has 7 nitrogen and oxygen atoms in total. The molecule has 2 atom stereocenters. The molecule has 2 fully saturated rings. The van der Waals surface area contributed by atoms with Crippen LogP contribution < -0.4 is 4.90 Å². The Morgan fingerprint density at radius 3 is 2.62 bits per heavy atom. The maximum absolute atomic E-state index is 14.2. The van der Waals surface area contributed by atoms with Crippen LogP contribution in [0.5, 0.6) is 0 Å². The molecule has 11 heteroatoms. The summed E-state index contributed by atoms with van der Waals surface area (Å²) >= 11 is 0. The summed E-state index contributed by atoms with van der Waals surface area (Å²) in [5.74, 6) is 0.320. The number of aromatic nitrogens is 3. The Kier molecular flexibility index (Phi) is 6.26. The average Bonchev–Trinajstić information content (AvgIpc) is 3.58. The fraction of sp³-hybridized carbons (Fsp3) is 0.464. The van der Waals surface area contributed by atoms with Crippen LogP contribution in [0.1, 0.15) is 57.8 Å². The molecule has 0 saturated carbocycles. The van der Waals surface area contributed by atoms with Gasteiger partial charge in [-0.05, 0) is 54.3 Å². The highest BCUT2D eigenvalue weighted by Crippen LogP contribution is 2.43. The van der Waals surface area contributed by atoms with Crippen molar-refractivity contribution in [3.8, 4) is 0 Å².